The van der Waals surface area contributed by atoms with Gasteiger partial charge in [-0.25, -0.2) is 0 Å². The SMILES string of the molecule is Cn1cc(C(CC(=O)NCc2ccncc2)c2cccc(Oc3ccccc3)c2)c2ccccc21. The van der Waals surface area contributed by atoms with Crippen molar-refractivity contribution in [3.63, 3.8) is 0 Å². The molecule has 0 aliphatic heterocycles. The summed E-state index contributed by atoms with van der Waals surface area (Å²) in [6, 6.07) is 29.9. The van der Waals surface area contributed by atoms with Gasteiger partial charge in [0.15, 0.2) is 0 Å². The van der Waals surface area contributed by atoms with Crippen molar-refractivity contribution in [2.75, 3.05) is 0 Å². The van der Waals surface area contributed by atoms with Gasteiger partial charge < -0.3 is 14.6 Å². The molecule has 0 saturated heterocycles. The van der Waals surface area contributed by atoms with Crippen molar-refractivity contribution in [3.05, 3.63) is 126 Å². The molecular weight excluding hydrogens is 434 g/mol. The second-order valence-corrected chi connectivity index (χ2v) is 8.59. The molecule has 0 spiro atoms. The number of pyridine rings is 1. The molecule has 0 aliphatic rings. The Hall–Kier alpha value is -4.38. The van der Waals surface area contributed by atoms with Gasteiger partial charge in [0.1, 0.15) is 11.5 Å². The summed E-state index contributed by atoms with van der Waals surface area (Å²) < 4.78 is 8.22. The summed E-state index contributed by atoms with van der Waals surface area (Å²) in [7, 11) is 2.04. The van der Waals surface area contributed by atoms with Crippen molar-refractivity contribution in [2.24, 2.45) is 7.05 Å². The smallest absolute Gasteiger partial charge is 0.221 e. The van der Waals surface area contributed by atoms with Crippen molar-refractivity contribution in [1.82, 2.24) is 14.9 Å². The van der Waals surface area contributed by atoms with Crippen LogP contribution in [0.15, 0.2) is 110 Å². The number of nitrogens with one attached hydrogen (secondary N) is 1. The van der Waals surface area contributed by atoms with E-state index < -0.39 is 0 Å². The van der Waals surface area contributed by atoms with E-state index in [0.717, 1.165) is 39.1 Å². The molecule has 35 heavy (non-hydrogen) atoms. The summed E-state index contributed by atoms with van der Waals surface area (Å²) in [6.07, 6.45) is 5.93. The average molecular weight is 462 g/mol. The molecule has 0 bridgehead atoms. The lowest BCUT2D eigenvalue weighted by atomic mass is 9.88. The van der Waals surface area contributed by atoms with E-state index in [1.807, 2.05) is 79.8 Å². The van der Waals surface area contributed by atoms with E-state index in [4.69, 9.17) is 4.74 Å². The van der Waals surface area contributed by atoms with Gasteiger partial charge in [0.2, 0.25) is 5.91 Å². The second-order valence-electron chi connectivity index (χ2n) is 8.59. The minimum Gasteiger partial charge on any atom is -0.457 e. The minimum atomic E-state index is -0.127. The fourth-order valence-corrected chi connectivity index (χ4v) is 4.44. The molecule has 1 N–H and O–H groups in total. The number of amides is 1. The lowest BCUT2D eigenvalue weighted by Gasteiger charge is -2.18. The Morgan fingerprint density at radius 1 is 0.914 bits per heavy atom. The summed E-state index contributed by atoms with van der Waals surface area (Å²) in [5.41, 5.74) is 4.32. The maximum Gasteiger partial charge on any atom is 0.221 e. The molecule has 0 fully saturated rings. The van der Waals surface area contributed by atoms with Crippen LogP contribution in [-0.2, 0) is 18.4 Å². The van der Waals surface area contributed by atoms with E-state index in [1.165, 1.54) is 0 Å². The van der Waals surface area contributed by atoms with Crippen LogP contribution in [0.5, 0.6) is 11.5 Å². The zero-order valence-corrected chi connectivity index (χ0v) is 19.6. The first kappa shape index (κ1) is 22.4. The van der Waals surface area contributed by atoms with Crippen molar-refractivity contribution in [3.8, 4) is 11.5 Å². The fourth-order valence-electron chi connectivity index (χ4n) is 4.44. The number of ether oxygens (including phenoxy) is 1. The molecule has 5 rings (SSSR count). The normalized spacial score (nSPS) is 11.8. The van der Waals surface area contributed by atoms with E-state index >= 15 is 0 Å². The zero-order valence-electron chi connectivity index (χ0n) is 19.6. The lowest BCUT2D eigenvalue weighted by Crippen LogP contribution is -2.25. The average Bonchev–Trinajstić information content (AvgIpc) is 3.23. The van der Waals surface area contributed by atoms with E-state index in [9.17, 15) is 4.79 Å². The molecule has 174 valence electrons. The van der Waals surface area contributed by atoms with Gasteiger partial charge in [-0.15, -0.1) is 0 Å². The fraction of sp³-hybridized carbons (Fsp3) is 0.133. The van der Waals surface area contributed by atoms with Crippen molar-refractivity contribution >= 4 is 16.8 Å². The number of aryl methyl sites for hydroxylation is 1. The Labute approximate surface area is 205 Å². The number of benzene rings is 3. The van der Waals surface area contributed by atoms with Gasteiger partial charge in [-0.3, -0.25) is 9.78 Å². The summed E-state index contributed by atoms with van der Waals surface area (Å²) in [5, 5.41) is 4.22. The highest BCUT2D eigenvalue weighted by molar-refractivity contribution is 5.86. The molecule has 1 amide bonds. The molecule has 0 saturated carbocycles. The largest absolute Gasteiger partial charge is 0.457 e. The van der Waals surface area contributed by atoms with Crippen molar-refractivity contribution in [2.45, 2.75) is 18.9 Å². The first-order chi connectivity index (χ1) is 17.2. The third-order valence-electron chi connectivity index (χ3n) is 6.17. The van der Waals surface area contributed by atoms with Crippen LogP contribution in [0.4, 0.5) is 0 Å². The van der Waals surface area contributed by atoms with E-state index in [-0.39, 0.29) is 11.8 Å². The number of nitrogens with zero attached hydrogens (tertiary/aromatic N) is 2. The van der Waals surface area contributed by atoms with E-state index in [0.29, 0.717) is 13.0 Å². The van der Waals surface area contributed by atoms with E-state index in [1.54, 1.807) is 12.4 Å². The van der Waals surface area contributed by atoms with Gasteiger partial charge in [-0.2, -0.15) is 0 Å². The third-order valence-corrected chi connectivity index (χ3v) is 6.17. The molecule has 2 aromatic heterocycles. The Morgan fingerprint density at radius 3 is 2.49 bits per heavy atom. The van der Waals surface area contributed by atoms with E-state index in [2.05, 4.69) is 39.3 Å². The van der Waals surface area contributed by atoms with Crippen LogP contribution in [0.3, 0.4) is 0 Å². The Bertz CT molecular complexity index is 1430. The molecular formula is C30H27N3O2. The van der Waals surface area contributed by atoms with Crippen LogP contribution >= 0.6 is 0 Å². The summed E-state index contributed by atoms with van der Waals surface area (Å²) in [6.45, 7) is 0.473. The van der Waals surface area contributed by atoms with Crippen LogP contribution < -0.4 is 10.1 Å². The number of aromatic nitrogens is 2. The lowest BCUT2D eigenvalue weighted by molar-refractivity contribution is -0.121. The molecule has 5 heteroatoms. The highest BCUT2D eigenvalue weighted by Gasteiger charge is 2.23. The first-order valence-corrected chi connectivity index (χ1v) is 11.7. The standard InChI is InChI=1S/C30H27N3O2/c1-33-21-28(26-12-5-6-13-29(26)33)27(19-30(34)32-20-22-14-16-31-17-15-22)23-8-7-11-25(18-23)35-24-9-3-2-4-10-24/h2-18,21,27H,19-20H2,1H3,(H,32,34). The van der Waals surface area contributed by atoms with Crippen LogP contribution in [0, 0.1) is 0 Å². The number of rotatable bonds is 8. The zero-order chi connectivity index (χ0) is 24.0. The predicted octanol–water partition coefficient (Wildman–Crippen LogP) is 6.20. The van der Waals surface area contributed by atoms with Gasteiger partial charge >= 0.3 is 0 Å². The number of hydrogen-bond acceptors (Lipinski definition) is 3. The summed E-state index contributed by atoms with van der Waals surface area (Å²) in [5.74, 6) is 1.39. The van der Waals surface area contributed by atoms with Crippen LogP contribution in [0.25, 0.3) is 10.9 Å². The molecule has 1 unspecified atom stereocenters. The maximum atomic E-state index is 13.1. The maximum absolute atomic E-state index is 13.1. The molecule has 5 aromatic rings. The highest BCUT2D eigenvalue weighted by atomic mass is 16.5. The summed E-state index contributed by atoms with van der Waals surface area (Å²) >= 11 is 0. The van der Waals surface area contributed by atoms with Gasteiger partial charge in [-0.05, 0) is 59.2 Å². The van der Waals surface area contributed by atoms with Crippen LogP contribution in [-0.4, -0.2) is 15.5 Å². The first-order valence-electron chi connectivity index (χ1n) is 11.7. The van der Waals surface area contributed by atoms with Gasteiger partial charge in [-0.1, -0.05) is 48.5 Å². The van der Waals surface area contributed by atoms with Gasteiger partial charge in [0.05, 0.1) is 0 Å². The highest BCUT2D eigenvalue weighted by Crippen LogP contribution is 2.36. The van der Waals surface area contributed by atoms with Crippen LogP contribution in [0.2, 0.25) is 0 Å². The molecule has 3 aromatic carbocycles. The minimum absolute atomic E-state index is 0.00544. The number of hydrogen-bond donors (Lipinski definition) is 1. The van der Waals surface area contributed by atoms with Gasteiger partial charge in [0.25, 0.3) is 0 Å². The quantitative estimate of drug-likeness (QED) is 0.299. The topological polar surface area (TPSA) is 56.2 Å². The second kappa shape index (κ2) is 10.3. The molecule has 5 nitrogen and oxygen atoms in total. The van der Waals surface area contributed by atoms with Crippen molar-refractivity contribution < 1.29 is 9.53 Å². The number of carbonyl (C=O) groups excluding carboxylic acids is 1. The monoisotopic (exact) mass is 461 g/mol. The molecule has 0 radical (unpaired) electrons. The summed E-state index contributed by atoms with van der Waals surface area (Å²) in [4.78, 5) is 17.2. The number of para-hydroxylation sites is 2. The molecule has 2 heterocycles. The Morgan fingerprint density at radius 2 is 1.66 bits per heavy atom. The predicted molar refractivity (Wildman–Crippen MR) is 138 cm³/mol. The van der Waals surface area contributed by atoms with Crippen molar-refractivity contribution in [1.29, 1.82) is 0 Å². The molecule has 1 atom stereocenters. The van der Waals surface area contributed by atoms with Gasteiger partial charge in [0, 0.05) is 55.4 Å². The molecule has 0 aliphatic carbocycles. The Kier molecular flexibility index (Phi) is 6.57. The Balaban J connectivity index is 1.46. The third kappa shape index (κ3) is 5.25. The van der Waals surface area contributed by atoms with Crippen LogP contribution in [0.1, 0.15) is 29.0 Å². The number of fused-ring (bicyclic) bond motifs is 1. The number of carbonyl (C=O) groups is 1.